The van der Waals surface area contributed by atoms with E-state index in [0.29, 0.717) is 13.2 Å². The Labute approximate surface area is 258 Å². The second-order valence-electron chi connectivity index (χ2n) is 12.9. The van der Waals surface area contributed by atoms with Crippen LogP contribution in [0.3, 0.4) is 0 Å². The maximum absolute atomic E-state index is 14.3. The third-order valence-corrected chi connectivity index (χ3v) is 10.7. The summed E-state index contributed by atoms with van der Waals surface area (Å²) in [6, 6.07) is 0. The SMILES string of the molecule is CCCCCCCCCC1OCC(C)C(OC)C1OP(=O)(CN)OC1C(CCCCCCCCC)OCC(C)C1OC. The van der Waals surface area contributed by atoms with E-state index in [0.717, 1.165) is 38.5 Å². The Morgan fingerprint density at radius 1 is 0.619 bits per heavy atom. The lowest BCUT2D eigenvalue weighted by atomic mass is 9.91. The van der Waals surface area contributed by atoms with Crippen molar-refractivity contribution in [3.63, 3.8) is 0 Å². The van der Waals surface area contributed by atoms with Crippen LogP contribution in [0.25, 0.3) is 0 Å². The fourth-order valence-electron chi connectivity index (χ4n) is 6.57. The number of unbranched alkanes of at least 4 members (excludes halogenated alkanes) is 12. The van der Waals surface area contributed by atoms with Gasteiger partial charge >= 0.3 is 7.60 Å². The van der Waals surface area contributed by atoms with Crippen molar-refractivity contribution >= 4 is 7.60 Å². The van der Waals surface area contributed by atoms with Crippen LogP contribution in [0.2, 0.25) is 0 Å². The summed E-state index contributed by atoms with van der Waals surface area (Å²) >= 11 is 0. The Hall–Kier alpha value is -0.0500. The van der Waals surface area contributed by atoms with Gasteiger partial charge in [-0.3, -0.25) is 13.6 Å². The Kier molecular flexibility index (Phi) is 19.7. The van der Waals surface area contributed by atoms with Crippen LogP contribution in [0.15, 0.2) is 0 Å². The van der Waals surface area contributed by atoms with E-state index in [9.17, 15) is 4.57 Å². The third-order valence-electron chi connectivity index (χ3n) is 9.17. The summed E-state index contributed by atoms with van der Waals surface area (Å²) in [5.74, 6) is 0.206. The minimum absolute atomic E-state index is 0.103. The van der Waals surface area contributed by atoms with Crippen molar-refractivity contribution in [2.45, 2.75) is 167 Å². The van der Waals surface area contributed by atoms with Gasteiger partial charge < -0.3 is 24.7 Å². The van der Waals surface area contributed by atoms with Crippen LogP contribution in [-0.2, 0) is 32.6 Å². The summed E-state index contributed by atoms with van der Waals surface area (Å²) in [7, 11) is -0.339. The Bertz CT molecular complexity index is 675. The molecule has 9 heteroatoms. The molecule has 42 heavy (non-hydrogen) atoms. The second kappa shape index (κ2) is 21.6. The molecule has 0 aromatic carbocycles. The molecule has 2 aliphatic heterocycles. The number of nitrogens with two attached hydrogens (primary N) is 1. The molecular formula is C33H66NO7P. The van der Waals surface area contributed by atoms with Crippen molar-refractivity contribution in [3.8, 4) is 0 Å². The first kappa shape index (κ1) is 38.1. The molecule has 0 aromatic heterocycles. The van der Waals surface area contributed by atoms with Crippen LogP contribution in [-0.4, -0.2) is 70.3 Å². The molecule has 0 bridgehead atoms. The highest BCUT2D eigenvalue weighted by molar-refractivity contribution is 7.53. The fourth-order valence-corrected chi connectivity index (χ4v) is 8.05. The van der Waals surface area contributed by atoms with Crippen LogP contribution in [0, 0.1) is 11.8 Å². The molecule has 250 valence electrons. The number of hydrogen-bond donors (Lipinski definition) is 1. The molecule has 8 unspecified atom stereocenters. The van der Waals surface area contributed by atoms with Gasteiger partial charge in [0.25, 0.3) is 0 Å². The Morgan fingerprint density at radius 3 is 1.31 bits per heavy atom. The normalized spacial score (nSPS) is 31.7. The average molecular weight is 620 g/mol. The lowest BCUT2D eigenvalue weighted by molar-refractivity contribution is -0.180. The van der Waals surface area contributed by atoms with Crippen LogP contribution >= 0.6 is 7.60 Å². The molecule has 0 amide bonds. The zero-order valence-electron chi connectivity index (χ0n) is 27.9. The van der Waals surface area contributed by atoms with Gasteiger partial charge in [0.15, 0.2) is 0 Å². The maximum Gasteiger partial charge on any atom is 0.345 e. The minimum Gasteiger partial charge on any atom is -0.378 e. The smallest absolute Gasteiger partial charge is 0.345 e. The van der Waals surface area contributed by atoms with Crippen LogP contribution in [0.1, 0.15) is 130 Å². The van der Waals surface area contributed by atoms with E-state index < -0.39 is 19.8 Å². The summed E-state index contributed by atoms with van der Waals surface area (Å²) in [4.78, 5) is 0. The Balaban J connectivity index is 2.07. The monoisotopic (exact) mass is 619 g/mol. The first-order chi connectivity index (χ1) is 20.3. The van der Waals surface area contributed by atoms with Crippen molar-refractivity contribution in [1.82, 2.24) is 0 Å². The molecule has 2 heterocycles. The quantitative estimate of drug-likeness (QED) is 0.0902. The molecule has 0 aromatic rings. The Morgan fingerprint density at radius 2 is 0.976 bits per heavy atom. The summed E-state index contributed by atoms with van der Waals surface area (Å²) < 4.78 is 51.5. The molecule has 2 saturated heterocycles. The number of methoxy groups -OCH3 is 2. The molecule has 8 atom stereocenters. The first-order valence-corrected chi connectivity index (χ1v) is 19.0. The maximum atomic E-state index is 14.3. The summed E-state index contributed by atoms with van der Waals surface area (Å²) in [5.41, 5.74) is 6.16. The summed E-state index contributed by atoms with van der Waals surface area (Å²) in [5, 5.41) is 0. The first-order valence-electron chi connectivity index (χ1n) is 17.3. The average Bonchev–Trinajstić information content (AvgIpc) is 2.98. The zero-order chi connectivity index (χ0) is 30.8. The molecular weight excluding hydrogens is 553 g/mol. The van der Waals surface area contributed by atoms with Gasteiger partial charge in [-0.2, -0.15) is 0 Å². The van der Waals surface area contributed by atoms with Crippen molar-refractivity contribution in [2.75, 3.05) is 33.7 Å². The predicted molar refractivity (Wildman–Crippen MR) is 171 cm³/mol. The van der Waals surface area contributed by atoms with Crippen molar-refractivity contribution < 1.29 is 32.6 Å². The highest BCUT2D eigenvalue weighted by Gasteiger charge is 2.47. The lowest BCUT2D eigenvalue weighted by Crippen LogP contribution is -2.53. The molecule has 2 aliphatic rings. The van der Waals surface area contributed by atoms with E-state index in [1.807, 2.05) is 0 Å². The van der Waals surface area contributed by atoms with E-state index in [4.69, 9.17) is 33.7 Å². The van der Waals surface area contributed by atoms with E-state index in [-0.39, 0.29) is 42.5 Å². The summed E-state index contributed by atoms with van der Waals surface area (Å²) in [6.45, 7) is 9.83. The minimum atomic E-state index is -3.72. The van der Waals surface area contributed by atoms with E-state index in [1.54, 1.807) is 14.2 Å². The van der Waals surface area contributed by atoms with Crippen molar-refractivity contribution in [2.24, 2.45) is 17.6 Å². The lowest BCUT2D eigenvalue weighted by Gasteiger charge is -2.44. The molecule has 0 spiro atoms. The fraction of sp³-hybridized carbons (Fsp3) is 1.00. The molecule has 0 aliphatic carbocycles. The molecule has 0 radical (unpaired) electrons. The van der Waals surface area contributed by atoms with Crippen LogP contribution in [0.4, 0.5) is 0 Å². The number of hydrogen-bond acceptors (Lipinski definition) is 8. The summed E-state index contributed by atoms with van der Waals surface area (Å²) in [6.07, 6.45) is 16.6. The standard InChI is InChI=1S/C33H66NO7P/c1-7-9-11-13-15-17-19-21-28-32(30(36-5)26(3)23-38-28)40-42(35,25-34)41-33-29(39-24-27(4)31(33)37-6)22-20-18-16-14-12-10-8-2/h26-33H,7-25,34H2,1-6H3. The van der Waals surface area contributed by atoms with E-state index >= 15 is 0 Å². The molecule has 8 nitrogen and oxygen atoms in total. The molecule has 2 N–H and O–H groups in total. The van der Waals surface area contributed by atoms with Crippen molar-refractivity contribution in [1.29, 1.82) is 0 Å². The predicted octanol–water partition coefficient (Wildman–Crippen LogP) is 8.25. The molecule has 2 fully saturated rings. The zero-order valence-corrected chi connectivity index (χ0v) is 28.8. The van der Waals surface area contributed by atoms with Gasteiger partial charge in [-0.05, 0) is 12.8 Å². The van der Waals surface area contributed by atoms with Gasteiger partial charge in [-0.15, -0.1) is 0 Å². The van der Waals surface area contributed by atoms with Gasteiger partial charge in [0.2, 0.25) is 0 Å². The van der Waals surface area contributed by atoms with Crippen molar-refractivity contribution in [3.05, 3.63) is 0 Å². The van der Waals surface area contributed by atoms with Gasteiger partial charge in [0, 0.05) is 26.1 Å². The van der Waals surface area contributed by atoms with Gasteiger partial charge in [-0.25, -0.2) is 0 Å². The highest BCUT2D eigenvalue weighted by Crippen LogP contribution is 2.53. The molecule has 0 saturated carbocycles. The van der Waals surface area contributed by atoms with Crippen LogP contribution < -0.4 is 5.73 Å². The molecule has 2 rings (SSSR count). The van der Waals surface area contributed by atoms with Crippen LogP contribution in [0.5, 0.6) is 0 Å². The van der Waals surface area contributed by atoms with Gasteiger partial charge in [0.1, 0.15) is 12.2 Å². The van der Waals surface area contributed by atoms with Gasteiger partial charge in [-0.1, -0.05) is 118 Å². The number of ether oxygens (including phenoxy) is 4. The van der Waals surface area contributed by atoms with E-state index in [2.05, 4.69) is 27.7 Å². The number of rotatable bonds is 23. The topological polar surface area (TPSA) is 98.5 Å². The second-order valence-corrected chi connectivity index (χ2v) is 14.9. The van der Waals surface area contributed by atoms with Gasteiger partial charge in [0.05, 0.1) is 43.9 Å². The highest BCUT2D eigenvalue weighted by atomic mass is 31.2. The van der Waals surface area contributed by atoms with E-state index in [1.165, 1.54) is 64.2 Å². The third kappa shape index (κ3) is 12.7. The largest absolute Gasteiger partial charge is 0.378 e.